The molecule has 0 fully saturated rings. The second kappa shape index (κ2) is 7.01. The van der Waals surface area contributed by atoms with Crippen molar-refractivity contribution < 1.29 is 9.53 Å². The van der Waals surface area contributed by atoms with Crippen molar-refractivity contribution in [1.29, 1.82) is 0 Å². The van der Waals surface area contributed by atoms with E-state index in [1.807, 2.05) is 18.2 Å². The monoisotopic (exact) mass is 207 g/mol. The van der Waals surface area contributed by atoms with Gasteiger partial charge in [0.05, 0.1) is 13.2 Å². The number of carbonyl (C=O) groups is 1. The zero-order valence-corrected chi connectivity index (χ0v) is 8.82. The molecule has 0 unspecified atom stereocenters. The first-order chi connectivity index (χ1) is 7.33. The third-order valence-corrected chi connectivity index (χ3v) is 2.13. The Bertz CT molecular complexity index is 285. The SMILES string of the molecule is NCC(=O)OCCCCc1ccccc1. The van der Waals surface area contributed by atoms with Crippen molar-refractivity contribution in [1.82, 2.24) is 0 Å². The minimum atomic E-state index is -0.324. The average Bonchev–Trinajstić information content (AvgIpc) is 2.29. The Morgan fingerprint density at radius 1 is 1.20 bits per heavy atom. The zero-order chi connectivity index (χ0) is 10.9. The van der Waals surface area contributed by atoms with Gasteiger partial charge < -0.3 is 10.5 Å². The highest BCUT2D eigenvalue weighted by Gasteiger charge is 1.97. The molecule has 1 rings (SSSR count). The molecule has 2 N–H and O–H groups in total. The fraction of sp³-hybridized carbons (Fsp3) is 0.417. The summed E-state index contributed by atoms with van der Waals surface area (Å²) in [6.45, 7) is 0.446. The number of aryl methyl sites for hydroxylation is 1. The molecule has 0 saturated heterocycles. The van der Waals surface area contributed by atoms with E-state index in [4.69, 9.17) is 10.5 Å². The number of rotatable bonds is 6. The molecule has 0 aliphatic rings. The fourth-order valence-corrected chi connectivity index (χ4v) is 1.32. The van der Waals surface area contributed by atoms with E-state index in [1.54, 1.807) is 0 Å². The maximum atomic E-state index is 10.7. The Morgan fingerprint density at radius 3 is 2.60 bits per heavy atom. The predicted octanol–water partition coefficient (Wildman–Crippen LogP) is 1.51. The number of hydrogen-bond acceptors (Lipinski definition) is 3. The van der Waals surface area contributed by atoms with E-state index < -0.39 is 0 Å². The minimum Gasteiger partial charge on any atom is -0.465 e. The van der Waals surface area contributed by atoms with Gasteiger partial charge >= 0.3 is 5.97 Å². The quantitative estimate of drug-likeness (QED) is 0.568. The van der Waals surface area contributed by atoms with Crippen LogP contribution in [0.4, 0.5) is 0 Å². The molecule has 0 aliphatic carbocycles. The van der Waals surface area contributed by atoms with E-state index in [0.29, 0.717) is 6.61 Å². The third-order valence-electron chi connectivity index (χ3n) is 2.13. The normalized spacial score (nSPS) is 9.93. The molecule has 0 saturated carbocycles. The van der Waals surface area contributed by atoms with E-state index in [2.05, 4.69) is 12.1 Å². The maximum absolute atomic E-state index is 10.7. The third kappa shape index (κ3) is 5.18. The number of carbonyl (C=O) groups excluding carboxylic acids is 1. The number of ether oxygens (including phenoxy) is 1. The van der Waals surface area contributed by atoms with E-state index >= 15 is 0 Å². The Kier molecular flexibility index (Phi) is 5.48. The van der Waals surface area contributed by atoms with Gasteiger partial charge in [0.1, 0.15) is 0 Å². The molecular weight excluding hydrogens is 190 g/mol. The number of esters is 1. The summed E-state index contributed by atoms with van der Waals surface area (Å²) in [7, 11) is 0. The Balaban J connectivity index is 2.05. The molecule has 0 atom stereocenters. The smallest absolute Gasteiger partial charge is 0.319 e. The van der Waals surface area contributed by atoms with Gasteiger partial charge in [0.2, 0.25) is 0 Å². The molecule has 0 amide bonds. The molecule has 1 aromatic rings. The van der Waals surface area contributed by atoms with Gasteiger partial charge in [-0.3, -0.25) is 4.79 Å². The van der Waals surface area contributed by atoms with Crippen LogP contribution in [-0.2, 0) is 16.0 Å². The first kappa shape index (κ1) is 11.7. The van der Waals surface area contributed by atoms with Crippen molar-refractivity contribution in [2.24, 2.45) is 5.73 Å². The van der Waals surface area contributed by atoms with E-state index in [1.165, 1.54) is 5.56 Å². The van der Waals surface area contributed by atoms with Crippen molar-refractivity contribution in [2.45, 2.75) is 19.3 Å². The van der Waals surface area contributed by atoms with Crippen molar-refractivity contribution >= 4 is 5.97 Å². The van der Waals surface area contributed by atoms with Crippen molar-refractivity contribution in [2.75, 3.05) is 13.2 Å². The summed E-state index contributed by atoms with van der Waals surface area (Å²) in [6, 6.07) is 10.3. The molecule has 3 heteroatoms. The maximum Gasteiger partial charge on any atom is 0.319 e. The Morgan fingerprint density at radius 2 is 1.93 bits per heavy atom. The predicted molar refractivity (Wildman–Crippen MR) is 59.4 cm³/mol. The summed E-state index contributed by atoms with van der Waals surface area (Å²) < 4.78 is 4.87. The summed E-state index contributed by atoms with van der Waals surface area (Å²) in [5, 5.41) is 0. The summed E-state index contributed by atoms with van der Waals surface area (Å²) in [6.07, 6.45) is 2.95. The lowest BCUT2D eigenvalue weighted by atomic mass is 10.1. The molecule has 0 bridgehead atoms. The lowest BCUT2D eigenvalue weighted by Gasteiger charge is -2.03. The highest BCUT2D eigenvalue weighted by atomic mass is 16.5. The molecule has 82 valence electrons. The van der Waals surface area contributed by atoms with Crippen LogP contribution >= 0.6 is 0 Å². The van der Waals surface area contributed by atoms with Crippen LogP contribution in [0.1, 0.15) is 18.4 Å². The van der Waals surface area contributed by atoms with Gasteiger partial charge in [-0.1, -0.05) is 30.3 Å². The first-order valence-electron chi connectivity index (χ1n) is 5.22. The topological polar surface area (TPSA) is 52.3 Å². The van der Waals surface area contributed by atoms with Crippen LogP contribution in [-0.4, -0.2) is 19.1 Å². The van der Waals surface area contributed by atoms with Gasteiger partial charge in [0.15, 0.2) is 0 Å². The van der Waals surface area contributed by atoms with Gasteiger partial charge in [0.25, 0.3) is 0 Å². The van der Waals surface area contributed by atoms with Crippen LogP contribution in [0.5, 0.6) is 0 Å². The second-order valence-electron chi connectivity index (χ2n) is 3.37. The van der Waals surface area contributed by atoms with Crippen molar-refractivity contribution in [3.8, 4) is 0 Å². The Labute approximate surface area is 90.2 Å². The summed E-state index contributed by atoms with van der Waals surface area (Å²) in [4.78, 5) is 10.7. The number of nitrogens with two attached hydrogens (primary N) is 1. The molecule has 0 aromatic heterocycles. The number of hydrogen-bond donors (Lipinski definition) is 1. The molecule has 0 aliphatic heterocycles. The summed E-state index contributed by atoms with van der Waals surface area (Å²) in [5.41, 5.74) is 6.43. The first-order valence-corrected chi connectivity index (χ1v) is 5.22. The highest BCUT2D eigenvalue weighted by molar-refractivity contribution is 5.71. The van der Waals surface area contributed by atoms with Gasteiger partial charge in [-0.15, -0.1) is 0 Å². The summed E-state index contributed by atoms with van der Waals surface area (Å²) >= 11 is 0. The largest absolute Gasteiger partial charge is 0.465 e. The number of benzene rings is 1. The van der Waals surface area contributed by atoms with Crippen molar-refractivity contribution in [3.05, 3.63) is 35.9 Å². The van der Waals surface area contributed by atoms with Crippen LogP contribution in [0.15, 0.2) is 30.3 Å². The van der Waals surface area contributed by atoms with Gasteiger partial charge in [-0.2, -0.15) is 0 Å². The standard InChI is InChI=1S/C12H17NO2/c13-10-12(14)15-9-5-4-8-11-6-2-1-3-7-11/h1-3,6-7H,4-5,8-10,13H2. The minimum absolute atomic E-state index is 0.0291. The van der Waals surface area contributed by atoms with Crippen LogP contribution in [0.25, 0.3) is 0 Å². The van der Waals surface area contributed by atoms with Gasteiger partial charge in [-0.05, 0) is 24.8 Å². The van der Waals surface area contributed by atoms with Crippen LogP contribution in [0.2, 0.25) is 0 Å². The van der Waals surface area contributed by atoms with Crippen LogP contribution < -0.4 is 5.73 Å². The molecule has 0 spiro atoms. The number of unbranched alkanes of at least 4 members (excludes halogenated alkanes) is 1. The average molecular weight is 207 g/mol. The second-order valence-corrected chi connectivity index (χ2v) is 3.37. The van der Waals surface area contributed by atoms with E-state index in [0.717, 1.165) is 19.3 Å². The van der Waals surface area contributed by atoms with Crippen molar-refractivity contribution in [3.63, 3.8) is 0 Å². The van der Waals surface area contributed by atoms with E-state index in [9.17, 15) is 4.79 Å². The lowest BCUT2D eigenvalue weighted by Crippen LogP contribution is -2.17. The van der Waals surface area contributed by atoms with Crippen LogP contribution in [0.3, 0.4) is 0 Å². The molecule has 15 heavy (non-hydrogen) atoms. The Hall–Kier alpha value is -1.35. The molecular formula is C12H17NO2. The van der Waals surface area contributed by atoms with Gasteiger partial charge in [-0.25, -0.2) is 0 Å². The highest BCUT2D eigenvalue weighted by Crippen LogP contribution is 2.04. The summed E-state index contributed by atoms with van der Waals surface area (Å²) in [5.74, 6) is -0.324. The zero-order valence-electron chi connectivity index (χ0n) is 8.82. The fourth-order valence-electron chi connectivity index (χ4n) is 1.32. The van der Waals surface area contributed by atoms with Gasteiger partial charge in [0, 0.05) is 0 Å². The van der Waals surface area contributed by atoms with E-state index in [-0.39, 0.29) is 12.5 Å². The molecule has 3 nitrogen and oxygen atoms in total. The molecule has 0 radical (unpaired) electrons. The molecule has 1 aromatic carbocycles. The van der Waals surface area contributed by atoms with Crippen LogP contribution in [0, 0.1) is 0 Å². The molecule has 0 heterocycles. The lowest BCUT2D eigenvalue weighted by molar-refractivity contribution is -0.142.